The zero-order valence-electron chi connectivity index (χ0n) is 11.9. The smallest absolute Gasteiger partial charge is 0.167 e. The van der Waals surface area contributed by atoms with Gasteiger partial charge in [0.25, 0.3) is 0 Å². The highest BCUT2D eigenvalue weighted by molar-refractivity contribution is 5.56. The summed E-state index contributed by atoms with van der Waals surface area (Å²) in [5.41, 5.74) is 2.76. The molecular formula is C15H17N5O. The van der Waals surface area contributed by atoms with E-state index in [2.05, 4.69) is 27.7 Å². The van der Waals surface area contributed by atoms with E-state index in [0.29, 0.717) is 6.54 Å². The van der Waals surface area contributed by atoms with Crippen LogP contribution in [-0.2, 0) is 13.1 Å². The number of hydrogen-bond acceptors (Lipinski definition) is 5. The van der Waals surface area contributed by atoms with E-state index in [1.807, 2.05) is 42.6 Å². The van der Waals surface area contributed by atoms with E-state index in [0.717, 1.165) is 35.8 Å². The minimum atomic E-state index is 0.551. The van der Waals surface area contributed by atoms with Crippen molar-refractivity contribution < 1.29 is 4.52 Å². The lowest BCUT2D eigenvalue weighted by Gasteiger charge is -1.95. The van der Waals surface area contributed by atoms with E-state index in [1.54, 1.807) is 4.68 Å². The molecule has 2 aromatic heterocycles. The van der Waals surface area contributed by atoms with Crippen LogP contribution in [0.1, 0.15) is 18.3 Å². The highest BCUT2D eigenvalue weighted by Crippen LogP contribution is 2.19. The minimum Gasteiger partial charge on any atom is -0.356 e. The second-order valence-electron chi connectivity index (χ2n) is 4.74. The summed E-state index contributed by atoms with van der Waals surface area (Å²) in [6.45, 7) is 4.25. The van der Waals surface area contributed by atoms with Crippen molar-refractivity contribution in [3.05, 3.63) is 54.0 Å². The molecule has 1 aromatic carbocycles. The Hall–Kier alpha value is -2.47. The summed E-state index contributed by atoms with van der Waals surface area (Å²) in [5.74, 6) is 0.763. The largest absolute Gasteiger partial charge is 0.356 e. The van der Waals surface area contributed by atoms with Gasteiger partial charge in [0.05, 0.1) is 18.4 Å². The van der Waals surface area contributed by atoms with Gasteiger partial charge in [-0.25, -0.2) is 4.68 Å². The van der Waals surface area contributed by atoms with Gasteiger partial charge in [-0.3, -0.25) is 0 Å². The zero-order chi connectivity index (χ0) is 14.5. The Balaban J connectivity index is 1.68. The number of nitrogens with one attached hydrogen (secondary N) is 1. The first kappa shape index (κ1) is 13.5. The lowest BCUT2D eigenvalue weighted by molar-refractivity contribution is 0.419. The van der Waals surface area contributed by atoms with Crippen LogP contribution in [0.5, 0.6) is 0 Å². The molecule has 6 heteroatoms. The van der Waals surface area contributed by atoms with Gasteiger partial charge < -0.3 is 9.84 Å². The van der Waals surface area contributed by atoms with Crippen LogP contribution in [0.2, 0.25) is 0 Å². The summed E-state index contributed by atoms with van der Waals surface area (Å²) in [7, 11) is 0. The van der Waals surface area contributed by atoms with Gasteiger partial charge in [0.1, 0.15) is 5.69 Å². The van der Waals surface area contributed by atoms with Gasteiger partial charge in [0, 0.05) is 18.2 Å². The molecule has 0 aliphatic carbocycles. The third kappa shape index (κ3) is 3.35. The maximum atomic E-state index is 5.37. The molecule has 0 aliphatic rings. The van der Waals surface area contributed by atoms with Gasteiger partial charge >= 0.3 is 0 Å². The molecule has 0 saturated heterocycles. The number of nitrogens with zero attached hydrogens (tertiary/aromatic N) is 4. The molecule has 6 nitrogen and oxygen atoms in total. The van der Waals surface area contributed by atoms with E-state index in [-0.39, 0.29) is 0 Å². The first-order valence-electron chi connectivity index (χ1n) is 6.96. The van der Waals surface area contributed by atoms with E-state index in [4.69, 9.17) is 4.52 Å². The number of benzene rings is 1. The predicted octanol–water partition coefficient (Wildman–Crippen LogP) is 2.09. The fraction of sp³-hybridized carbons (Fsp3) is 0.267. The highest BCUT2D eigenvalue weighted by atomic mass is 16.5. The van der Waals surface area contributed by atoms with Gasteiger partial charge in [0.15, 0.2) is 5.76 Å². The van der Waals surface area contributed by atoms with Crippen LogP contribution in [0.4, 0.5) is 0 Å². The SMILES string of the molecule is CCNCc1cn(Cc2cc(-c3ccccc3)on2)nn1. The summed E-state index contributed by atoms with van der Waals surface area (Å²) >= 11 is 0. The van der Waals surface area contributed by atoms with Crippen LogP contribution in [-0.4, -0.2) is 26.7 Å². The molecule has 0 aliphatic heterocycles. The Kier molecular flexibility index (Phi) is 4.07. The van der Waals surface area contributed by atoms with Gasteiger partial charge in [-0.2, -0.15) is 0 Å². The van der Waals surface area contributed by atoms with Crippen LogP contribution in [0, 0.1) is 0 Å². The Morgan fingerprint density at radius 3 is 2.86 bits per heavy atom. The van der Waals surface area contributed by atoms with Crippen molar-refractivity contribution >= 4 is 0 Å². The fourth-order valence-electron chi connectivity index (χ4n) is 2.04. The Labute approximate surface area is 122 Å². The molecule has 0 amide bonds. The topological polar surface area (TPSA) is 68.8 Å². The Morgan fingerprint density at radius 1 is 1.19 bits per heavy atom. The monoisotopic (exact) mass is 283 g/mol. The quantitative estimate of drug-likeness (QED) is 0.750. The zero-order valence-corrected chi connectivity index (χ0v) is 11.9. The standard InChI is InChI=1S/C15H17N5O/c1-2-16-9-14-11-20(19-17-14)10-13-8-15(21-18-13)12-6-4-3-5-7-12/h3-8,11,16H,2,9-10H2,1H3. The molecule has 0 unspecified atom stereocenters. The van der Waals surface area contributed by atoms with Gasteiger partial charge in [0.2, 0.25) is 0 Å². The summed E-state index contributed by atoms with van der Waals surface area (Å²) in [6, 6.07) is 11.8. The van der Waals surface area contributed by atoms with Crippen LogP contribution >= 0.6 is 0 Å². The maximum absolute atomic E-state index is 5.37. The molecule has 0 bridgehead atoms. The Bertz CT molecular complexity index is 689. The second kappa shape index (κ2) is 6.32. The van der Waals surface area contributed by atoms with Crippen LogP contribution < -0.4 is 5.32 Å². The third-order valence-corrected chi connectivity index (χ3v) is 3.08. The lowest BCUT2D eigenvalue weighted by Crippen LogP contribution is -2.11. The highest BCUT2D eigenvalue weighted by Gasteiger charge is 2.08. The van der Waals surface area contributed by atoms with Crippen molar-refractivity contribution in [2.75, 3.05) is 6.54 Å². The first-order valence-corrected chi connectivity index (χ1v) is 6.96. The van der Waals surface area contributed by atoms with Gasteiger partial charge in [-0.05, 0) is 6.54 Å². The summed E-state index contributed by atoms with van der Waals surface area (Å²) in [6.07, 6.45) is 1.92. The van der Waals surface area contributed by atoms with Crippen molar-refractivity contribution in [2.24, 2.45) is 0 Å². The molecule has 0 saturated carbocycles. The molecule has 2 heterocycles. The van der Waals surface area contributed by atoms with Crippen molar-refractivity contribution in [1.82, 2.24) is 25.5 Å². The third-order valence-electron chi connectivity index (χ3n) is 3.08. The lowest BCUT2D eigenvalue weighted by atomic mass is 10.2. The number of rotatable bonds is 6. The van der Waals surface area contributed by atoms with Crippen LogP contribution in [0.25, 0.3) is 11.3 Å². The molecule has 0 radical (unpaired) electrons. The summed E-state index contributed by atoms with van der Waals surface area (Å²) in [4.78, 5) is 0. The van der Waals surface area contributed by atoms with E-state index in [9.17, 15) is 0 Å². The first-order chi connectivity index (χ1) is 10.3. The van der Waals surface area contributed by atoms with Crippen LogP contribution in [0.3, 0.4) is 0 Å². The van der Waals surface area contributed by atoms with Gasteiger partial charge in [-0.1, -0.05) is 47.6 Å². The van der Waals surface area contributed by atoms with Crippen molar-refractivity contribution in [2.45, 2.75) is 20.0 Å². The molecule has 0 spiro atoms. The number of hydrogen-bond donors (Lipinski definition) is 1. The summed E-state index contributed by atoms with van der Waals surface area (Å²) in [5, 5.41) is 15.5. The van der Waals surface area contributed by atoms with Gasteiger partial charge in [-0.15, -0.1) is 5.10 Å². The molecule has 0 fully saturated rings. The molecular weight excluding hydrogens is 266 g/mol. The molecule has 21 heavy (non-hydrogen) atoms. The van der Waals surface area contributed by atoms with E-state index in [1.165, 1.54) is 0 Å². The molecule has 0 atom stereocenters. The average Bonchev–Trinajstić information content (AvgIpc) is 3.16. The maximum Gasteiger partial charge on any atom is 0.167 e. The number of aromatic nitrogens is 4. The average molecular weight is 283 g/mol. The second-order valence-corrected chi connectivity index (χ2v) is 4.74. The van der Waals surface area contributed by atoms with Crippen molar-refractivity contribution in [1.29, 1.82) is 0 Å². The minimum absolute atomic E-state index is 0.551. The normalized spacial score (nSPS) is 10.9. The van der Waals surface area contributed by atoms with E-state index >= 15 is 0 Å². The molecule has 108 valence electrons. The predicted molar refractivity (Wildman–Crippen MR) is 78.4 cm³/mol. The van der Waals surface area contributed by atoms with Crippen molar-refractivity contribution in [3.63, 3.8) is 0 Å². The van der Waals surface area contributed by atoms with Crippen LogP contribution in [0.15, 0.2) is 47.1 Å². The molecule has 1 N–H and O–H groups in total. The fourth-order valence-corrected chi connectivity index (χ4v) is 2.04. The van der Waals surface area contributed by atoms with Crippen molar-refractivity contribution in [3.8, 4) is 11.3 Å². The summed E-state index contributed by atoms with van der Waals surface area (Å²) < 4.78 is 7.13. The molecule has 3 aromatic rings. The Morgan fingerprint density at radius 2 is 2.05 bits per heavy atom. The molecule has 3 rings (SSSR count). The van der Waals surface area contributed by atoms with E-state index < -0.39 is 0 Å².